The van der Waals surface area contributed by atoms with E-state index in [4.69, 9.17) is 4.84 Å². The lowest BCUT2D eigenvalue weighted by Crippen LogP contribution is -2.37. The summed E-state index contributed by atoms with van der Waals surface area (Å²) in [4.78, 5) is 38.6. The minimum absolute atomic E-state index is 0.163. The zero-order valence-corrected chi connectivity index (χ0v) is 10.5. The van der Waals surface area contributed by atoms with E-state index in [2.05, 4.69) is 6.58 Å². The number of carbonyl (C=O) groups excluding carboxylic acids is 2. The summed E-state index contributed by atoms with van der Waals surface area (Å²) < 4.78 is 0. The Labute approximate surface area is 114 Å². The van der Waals surface area contributed by atoms with Gasteiger partial charge in [-0.3, -0.25) is 14.9 Å². The van der Waals surface area contributed by atoms with E-state index in [9.17, 15) is 19.7 Å². The van der Waals surface area contributed by atoms with Gasteiger partial charge in [0, 0.05) is 23.0 Å². The fourth-order valence-electron chi connectivity index (χ4n) is 1.75. The summed E-state index contributed by atoms with van der Waals surface area (Å²) in [6.45, 7) is 3.23. The van der Waals surface area contributed by atoms with Crippen molar-refractivity contribution < 1.29 is 19.3 Å². The third kappa shape index (κ3) is 2.82. The number of nitrogens with zero attached hydrogens (tertiary/aromatic N) is 2. The molecule has 20 heavy (non-hydrogen) atoms. The highest BCUT2D eigenvalue weighted by Gasteiger charge is 2.56. The summed E-state index contributed by atoms with van der Waals surface area (Å²) in [6.07, 6.45) is 1.06. The molecule has 2 rings (SSSR count). The van der Waals surface area contributed by atoms with Crippen molar-refractivity contribution in [2.75, 3.05) is 0 Å². The zero-order valence-electron chi connectivity index (χ0n) is 10.5. The lowest BCUT2D eigenvalue weighted by Gasteiger charge is -2.19. The molecule has 0 saturated heterocycles. The van der Waals surface area contributed by atoms with Crippen molar-refractivity contribution in [1.82, 2.24) is 5.06 Å². The van der Waals surface area contributed by atoms with Gasteiger partial charge in [-0.1, -0.05) is 24.8 Å². The predicted octanol–water partition coefficient (Wildman–Crippen LogP) is 1.19. The normalized spacial score (nSPS) is 19.8. The SMILES string of the molecule is C=CC(=O)ON(C(=O)c1ccccc1)C1CC1[N+](=O)[O-]. The van der Waals surface area contributed by atoms with Crippen LogP contribution in [-0.4, -0.2) is 33.9 Å². The number of hydrogen-bond donors (Lipinski definition) is 0. The molecule has 0 bridgehead atoms. The summed E-state index contributed by atoms with van der Waals surface area (Å²) >= 11 is 0. The van der Waals surface area contributed by atoms with Crippen LogP contribution in [0.5, 0.6) is 0 Å². The second kappa shape index (κ2) is 5.52. The average Bonchev–Trinajstić information content (AvgIpc) is 3.25. The molecular weight excluding hydrogens is 264 g/mol. The molecule has 1 aromatic rings. The van der Waals surface area contributed by atoms with Crippen LogP contribution >= 0.6 is 0 Å². The Morgan fingerprint density at radius 2 is 2.05 bits per heavy atom. The molecule has 7 heteroatoms. The predicted molar refractivity (Wildman–Crippen MR) is 68.1 cm³/mol. The molecule has 0 aliphatic heterocycles. The molecule has 1 amide bonds. The Bertz CT molecular complexity index is 557. The molecule has 2 atom stereocenters. The molecule has 7 nitrogen and oxygen atoms in total. The van der Waals surface area contributed by atoms with Crippen LogP contribution in [0.25, 0.3) is 0 Å². The highest BCUT2D eigenvalue weighted by Crippen LogP contribution is 2.32. The van der Waals surface area contributed by atoms with Crippen LogP contribution in [0.15, 0.2) is 43.0 Å². The van der Waals surface area contributed by atoms with Crippen molar-refractivity contribution in [2.24, 2.45) is 0 Å². The number of amides is 1. The van der Waals surface area contributed by atoms with E-state index >= 15 is 0 Å². The first-order chi connectivity index (χ1) is 9.54. The van der Waals surface area contributed by atoms with Gasteiger partial charge in [-0.05, 0) is 12.1 Å². The van der Waals surface area contributed by atoms with Crippen molar-refractivity contribution in [3.05, 3.63) is 58.7 Å². The van der Waals surface area contributed by atoms with Gasteiger partial charge in [0.2, 0.25) is 6.04 Å². The minimum Gasteiger partial charge on any atom is -0.333 e. The van der Waals surface area contributed by atoms with E-state index in [-0.39, 0.29) is 6.42 Å². The maximum atomic E-state index is 12.2. The molecule has 0 aromatic heterocycles. The lowest BCUT2D eigenvalue weighted by molar-refractivity contribution is -0.499. The third-order valence-electron chi connectivity index (χ3n) is 2.87. The Balaban J connectivity index is 2.19. The molecule has 1 aliphatic rings. The second-order valence-electron chi connectivity index (χ2n) is 4.27. The summed E-state index contributed by atoms with van der Waals surface area (Å²) in [5.41, 5.74) is 0.290. The van der Waals surface area contributed by atoms with Gasteiger partial charge in [-0.2, -0.15) is 5.06 Å². The Kier molecular flexibility index (Phi) is 3.79. The van der Waals surface area contributed by atoms with Gasteiger partial charge in [-0.15, -0.1) is 0 Å². The van der Waals surface area contributed by atoms with E-state index in [1.807, 2.05) is 0 Å². The molecule has 1 aromatic carbocycles. The maximum absolute atomic E-state index is 12.2. The summed E-state index contributed by atoms with van der Waals surface area (Å²) in [7, 11) is 0. The standard InChI is InChI=1S/C13H12N2O5/c1-2-12(16)20-14(10-8-11(10)15(18)19)13(17)9-6-4-3-5-7-9/h2-7,10-11H,1,8H2. The maximum Gasteiger partial charge on any atom is 0.355 e. The molecule has 1 aliphatic carbocycles. The van der Waals surface area contributed by atoms with Crippen LogP contribution in [0.4, 0.5) is 0 Å². The van der Waals surface area contributed by atoms with Gasteiger partial charge < -0.3 is 4.84 Å². The monoisotopic (exact) mass is 276 g/mol. The Morgan fingerprint density at radius 3 is 2.55 bits per heavy atom. The quantitative estimate of drug-likeness (QED) is 0.468. The topological polar surface area (TPSA) is 89.8 Å². The van der Waals surface area contributed by atoms with E-state index < -0.39 is 28.9 Å². The molecule has 1 saturated carbocycles. The summed E-state index contributed by atoms with van der Waals surface area (Å²) in [5, 5.41) is 11.5. The van der Waals surface area contributed by atoms with Crippen molar-refractivity contribution >= 4 is 11.9 Å². The first-order valence-electron chi connectivity index (χ1n) is 5.91. The molecule has 1 fully saturated rings. The Morgan fingerprint density at radius 1 is 1.40 bits per heavy atom. The fraction of sp³-hybridized carbons (Fsp3) is 0.231. The Hall–Kier alpha value is -2.70. The van der Waals surface area contributed by atoms with Gasteiger partial charge in [0.1, 0.15) is 6.04 Å². The number of hydroxylamine groups is 2. The van der Waals surface area contributed by atoms with Crippen LogP contribution in [0, 0.1) is 10.1 Å². The summed E-state index contributed by atoms with van der Waals surface area (Å²) in [6, 6.07) is 6.48. The highest BCUT2D eigenvalue weighted by molar-refractivity contribution is 5.95. The number of benzene rings is 1. The molecule has 2 unspecified atom stereocenters. The molecule has 0 N–H and O–H groups in total. The molecule has 104 valence electrons. The molecule has 0 heterocycles. The smallest absolute Gasteiger partial charge is 0.333 e. The zero-order chi connectivity index (χ0) is 14.7. The van der Waals surface area contributed by atoms with Crippen molar-refractivity contribution in [2.45, 2.75) is 18.5 Å². The molecule has 0 spiro atoms. The number of hydrogen-bond acceptors (Lipinski definition) is 5. The number of nitro groups is 1. The first kappa shape index (κ1) is 13.7. The fourth-order valence-corrected chi connectivity index (χ4v) is 1.75. The van der Waals surface area contributed by atoms with E-state index in [1.54, 1.807) is 30.3 Å². The van der Waals surface area contributed by atoms with Crippen LogP contribution in [0.3, 0.4) is 0 Å². The average molecular weight is 276 g/mol. The van der Waals surface area contributed by atoms with Crippen LogP contribution in [-0.2, 0) is 9.63 Å². The highest BCUT2D eigenvalue weighted by atomic mass is 16.7. The van der Waals surface area contributed by atoms with Gasteiger partial charge in [-0.25, -0.2) is 4.79 Å². The van der Waals surface area contributed by atoms with Crippen molar-refractivity contribution in [3.8, 4) is 0 Å². The van der Waals surface area contributed by atoms with Gasteiger partial charge in [0.15, 0.2) is 0 Å². The number of carbonyl (C=O) groups is 2. The van der Waals surface area contributed by atoms with E-state index in [0.717, 1.165) is 11.1 Å². The van der Waals surface area contributed by atoms with Crippen LogP contribution in [0.2, 0.25) is 0 Å². The molecule has 0 radical (unpaired) electrons. The number of rotatable bonds is 4. The van der Waals surface area contributed by atoms with Crippen LogP contribution < -0.4 is 0 Å². The second-order valence-corrected chi connectivity index (χ2v) is 4.27. The van der Waals surface area contributed by atoms with Gasteiger partial charge in [0.05, 0.1) is 0 Å². The summed E-state index contributed by atoms with van der Waals surface area (Å²) in [5.74, 6) is -1.42. The first-order valence-corrected chi connectivity index (χ1v) is 5.91. The lowest BCUT2D eigenvalue weighted by atomic mass is 10.2. The van der Waals surface area contributed by atoms with Crippen molar-refractivity contribution in [3.63, 3.8) is 0 Å². The third-order valence-corrected chi connectivity index (χ3v) is 2.87. The van der Waals surface area contributed by atoms with Gasteiger partial charge in [0.25, 0.3) is 5.91 Å². The van der Waals surface area contributed by atoms with Crippen molar-refractivity contribution in [1.29, 1.82) is 0 Å². The van der Waals surface area contributed by atoms with Gasteiger partial charge >= 0.3 is 5.97 Å². The largest absolute Gasteiger partial charge is 0.355 e. The molecular formula is C13H12N2O5. The minimum atomic E-state index is -0.903. The van der Waals surface area contributed by atoms with E-state index in [0.29, 0.717) is 5.56 Å². The van der Waals surface area contributed by atoms with Crippen LogP contribution in [0.1, 0.15) is 16.8 Å². The van der Waals surface area contributed by atoms with E-state index in [1.165, 1.54) is 0 Å².